The standard InChI is InChI=1S/C7H9N3/c1-3-6(8)7-4-5-10(2)9-7/h1,4-6H,8H2,2H3. The topological polar surface area (TPSA) is 43.8 Å². The van der Waals surface area contributed by atoms with Gasteiger partial charge >= 0.3 is 0 Å². The van der Waals surface area contributed by atoms with E-state index in [9.17, 15) is 0 Å². The SMILES string of the molecule is C#CC(N)c1ccn(C)n1. The van der Waals surface area contributed by atoms with Crippen molar-refractivity contribution >= 4 is 0 Å². The highest BCUT2D eigenvalue weighted by Gasteiger charge is 2.02. The molecule has 0 spiro atoms. The lowest BCUT2D eigenvalue weighted by atomic mass is 10.2. The fraction of sp³-hybridized carbons (Fsp3) is 0.286. The smallest absolute Gasteiger partial charge is 0.111 e. The van der Waals surface area contributed by atoms with Crippen molar-refractivity contribution < 1.29 is 0 Å². The van der Waals surface area contributed by atoms with E-state index in [2.05, 4.69) is 11.0 Å². The van der Waals surface area contributed by atoms with Gasteiger partial charge in [-0.25, -0.2) is 0 Å². The van der Waals surface area contributed by atoms with Crippen molar-refractivity contribution in [2.45, 2.75) is 6.04 Å². The average molecular weight is 135 g/mol. The molecule has 3 nitrogen and oxygen atoms in total. The van der Waals surface area contributed by atoms with Crippen LogP contribution >= 0.6 is 0 Å². The predicted octanol–water partition coefficient (Wildman–Crippen LogP) is 0.0531. The quantitative estimate of drug-likeness (QED) is 0.553. The van der Waals surface area contributed by atoms with Crippen molar-refractivity contribution in [3.05, 3.63) is 18.0 Å². The Labute approximate surface area is 59.8 Å². The van der Waals surface area contributed by atoms with Crippen LogP contribution in [0.15, 0.2) is 12.3 Å². The number of rotatable bonds is 1. The first-order valence-corrected chi connectivity index (χ1v) is 2.95. The lowest BCUT2D eigenvalue weighted by Gasteiger charge is -1.95. The van der Waals surface area contributed by atoms with Gasteiger partial charge < -0.3 is 5.73 Å². The molecule has 2 N–H and O–H groups in total. The fourth-order valence-electron chi connectivity index (χ4n) is 0.684. The molecule has 0 radical (unpaired) electrons. The number of hydrogen-bond donors (Lipinski definition) is 1. The second-order valence-corrected chi connectivity index (χ2v) is 2.06. The maximum atomic E-state index is 5.50. The highest BCUT2D eigenvalue weighted by molar-refractivity contribution is 5.15. The molecule has 0 fully saturated rings. The summed E-state index contributed by atoms with van der Waals surface area (Å²) in [5.41, 5.74) is 6.24. The van der Waals surface area contributed by atoms with Crippen LogP contribution in [-0.2, 0) is 7.05 Å². The molecule has 1 aromatic heterocycles. The third-order valence-corrected chi connectivity index (χ3v) is 1.23. The molecule has 0 bridgehead atoms. The van der Waals surface area contributed by atoms with Gasteiger partial charge in [0.15, 0.2) is 0 Å². The van der Waals surface area contributed by atoms with Gasteiger partial charge in [-0.15, -0.1) is 6.42 Å². The molecule has 1 aromatic rings. The van der Waals surface area contributed by atoms with E-state index in [1.807, 2.05) is 19.3 Å². The van der Waals surface area contributed by atoms with Gasteiger partial charge in [-0.1, -0.05) is 5.92 Å². The van der Waals surface area contributed by atoms with E-state index in [-0.39, 0.29) is 6.04 Å². The molecule has 0 aliphatic rings. The Kier molecular flexibility index (Phi) is 1.74. The van der Waals surface area contributed by atoms with Crippen LogP contribution in [0.4, 0.5) is 0 Å². The average Bonchev–Trinajstić information content (AvgIpc) is 2.34. The molecule has 0 aromatic carbocycles. The molecule has 1 unspecified atom stereocenters. The number of nitrogens with zero attached hydrogens (tertiary/aromatic N) is 2. The van der Waals surface area contributed by atoms with Crippen molar-refractivity contribution in [3.8, 4) is 12.3 Å². The summed E-state index contributed by atoms with van der Waals surface area (Å²) >= 11 is 0. The minimum atomic E-state index is -0.374. The Balaban J connectivity index is 2.87. The molecule has 10 heavy (non-hydrogen) atoms. The first-order valence-electron chi connectivity index (χ1n) is 2.95. The summed E-state index contributed by atoms with van der Waals surface area (Å²) in [4.78, 5) is 0. The van der Waals surface area contributed by atoms with Crippen molar-refractivity contribution in [3.63, 3.8) is 0 Å². The minimum absolute atomic E-state index is 0.374. The molecule has 0 saturated heterocycles. The Bertz CT molecular complexity index is 256. The van der Waals surface area contributed by atoms with Crippen LogP contribution in [0.25, 0.3) is 0 Å². The summed E-state index contributed by atoms with van der Waals surface area (Å²) in [5, 5.41) is 4.03. The second kappa shape index (κ2) is 2.54. The summed E-state index contributed by atoms with van der Waals surface area (Å²) in [6.45, 7) is 0. The minimum Gasteiger partial charge on any atom is -0.313 e. The number of terminal acetylenes is 1. The zero-order chi connectivity index (χ0) is 7.56. The lowest BCUT2D eigenvalue weighted by molar-refractivity contribution is 0.729. The first-order chi connectivity index (χ1) is 4.74. The monoisotopic (exact) mass is 135 g/mol. The molecule has 3 heteroatoms. The van der Waals surface area contributed by atoms with Crippen LogP contribution < -0.4 is 5.73 Å². The van der Waals surface area contributed by atoms with Gasteiger partial charge in [-0.05, 0) is 6.07 Å². The summed E-state index contributed by atoms with van der Waals surface area (Å²) < 4.78 is 1.67. The molecular weight excluding hydrogens is 126 g/mol. The molecule has 0 saturated carbocycles. The molecule has 0 aliphatic carbocycles. The molecule has 52 valence electrons. The van der Waals surface area contributed by atoms with Crippen LogP contribution in [0.2, 0.25) is 0 Å². The third-order valence-electron chi connectivity index (χ3n) is 1.23. The normalized spacial score (nSPS) is 12.5. The molecule has 0 aliphatic heterocycles. The maximum absolute atomic E-state index is 5.50. The summed E-state index contributed by atoms with van der Waals surface area (Å²) in [6.07, 6.45) is 6.90. The van der Waals surface area contributed by atoms with Crippen molar-refractivity contribution in [1.82, 2.24) is 9.78 Å². The molecule has 1 rings (SSSR count). The van der Waals surface area contributed by atoms with E-state index < -0.39 is 0 Å². The van der Waals surface area contributed by atoms with Crippen molar-refractivity contribution in [2.75, 3.05) is 0 Å². The van der Waals surface area contributed by atoms with Gasteiger partial charge in [0.1, 0.15) is 6.04 Å². The van der Waals surface area contributed by atoms with Gasteiger partial charge in [-0.2, -0.15) is 5.10 Å². The number of aromatic nitrogens is 2. The van der Waals surface area contributed by atoms with E-state index in [1.165, 1.54) is 0 Å². The van der Waals surface area contributed by atoms with Crippen molar-refractivity contribution in [2.24, 2.45) is 12.8 Å². The third kappa shape index (κ3) is 1.17. The molecular formula is C7H9N3. The first kappa shape index (κ1) is 6.84. The van der Waals surface area contributed by atoms with Crippen LogP contribution in [0.5, 0.6) is 0 Å². The van der Waals surface area contributed by atoms with Gasteiger partial charge in [-0.3, -0.25) is 4.68 Å². The summed E-state index contributed by atoms with van der Waals surface area (Å²) in [5.74, 6) is 2.40. The van der Waals surface area contributed by atoms with E-state index in [0.717, 1.165) is 5.69 Å². The lowest BCUT2D eigenvalue weighted by Crippen LogP contribution is -2.08. The van der Waals surface area contributed by atoms with Crippen LogP contribution in [0, 0.1) is 12.3 Å². The maximum Gasteiger partial charge on any atom is 0.111 e. The van der Waals surface area contributed by atoms with E-state index in [1.54, 1.807) is 4.68 Å². The fourth-order valence-corrected chi connectivity index (χ4v) is 0.684. The Morgan fingerprint density at radius 3 is 3.00 bits per heavy atom. The predicted molar refractivity (Wildman–Crippen MR) is 39.0 cm³/mol. The largest absolute Gasteiger partial charge is 0.313 e. The highest BCUT2D eigenvalue weighted by Crippen LogP contribution is 2.03. The highest BCUT2D eigenvalue weighted by atomic mass is 15.3. The molecule has 0 amide bonds. The van der Waals surface area contributed by atoms with Gasteiger partial charge in [0.2, 0.25) is 0 Å². The molecule has 1 heterocycles. The summed E-state index contributed by atoms with van der Waals surface area (Å²) in [6, 6.07) is 1.44. The van der Waals surface area contributed by atoms with E-state index >= 15 is 0 Å². The zero-order valence-corrected chi connectivity index (χ0v) is 5.78. The van der Waals surface area contributed by atoms with Crippen LogP contribution in [0.1, 0.15) is 11.7 Å². The van der Waals surface area contributed by atoms with Crippen molar-refractivity contribution in [1.29, 1.82) is 0 Å². The van der Waals surface area contributed by atoms with Crippen LogP contribution in [0.3, 0.4) is 0 Å². The Morgan fingerprint density at radius 1 is 1.90 bits per heavy atom. The molecule has 1 atom stereocenters. The van der Waals surface area contributed by atoms with Gasteiger partial charge in [0.05, 0.1) is 5.69 Å². The summed E-state index contributed by atoms with van der Waals surface area (Å²) in [7, 11) is 1.83. The second-order valence-electron chi connectivity index (χ2n) is 2.06. The number of aryl methyl sites for hydroxylation is 1. The zero-order valence-electron chi connectivity index (χ0n) is 5.78. The number of nitrogens with two attached hydrogens (primary N) is 1. The van der Waals surface area contributed by atoms with Gasteiger partial charge in [0.25, 0.3) is 0 Å². The Hall–Kier alpha value is -1.27. The Morgan fingerprint density at radius 2 is 2.60 bits per heavy atom. The van der Waals surface area contributed by atoms with E-state index in [4.69, 9.17) is 12.2 Å². The van der Waals surface area contributed by atoms with Gasteiger partial charge in [0, 0.05) is 13.2 Å². The number of hydrogen-bond acceptors (Lipinski definition) is 2. The van der Waals surface area contributed by atoms with Crippen LogP contribution in [-0.4, -0.2) is 9.78 Å². The van der Waals surface area contributed by atoms with E-state index in [0.29, 0.717) is 0 Å².